The Bertz CT molecular complexity index is 903. The summed E-state index contributed by atoms with van der Waals surface area (Å²) in [5, 5.41) is 2.88. The van der Waals surface area contributed by atoms with Gasteiger partial charge in [0.1, 0.15) is 6.04 Å². The molecule has 0 radical (unpaired) electrons. The van der Waals surface area contributed by atoms with E-state index in [9.17, 15) is 4.79 Å². The quantitative estimate of drug-likeness (QED) is 0.731. The molecule has 0 aliphatic rings. The van der Waals surface area contributed by atoms with Gasteiger partial charge in [0.15, 0.2) is 5.82 Å². The van der Waals surface area contributed by atoms with Crippen LogP contribution in [0.1, 0.15) is 32.1 Å². The lowest BCUT2D eigenvalue weighted by molar-refractivity contribution is -0.694. The number of halogens is 1. The number of hydrogen-bond donors (Lipinski definition) is 1. The first-order chi connectivity index (χ1) is 11.7. The molecule has 0 spiro atoms. The van der Waals surface area contributed by atoms with Gasteiger partial charge >= 0.3 is 0 Å². The van der Waals surface area contributed by atoms with Gasteiger partial charge in [0.25, 0.3) is 5.56 Å². The van der Waals surface area contributed by atoms with E-state index in [0.717, 1.165) is 34.5 Å². The Morgan fingerprint density at radius 1 is 1.12 bits per heavy atom. The van der Waals surface area contributed by atoms with Gasteiger partial charge in [0.05, 0.1) is 23.1 Å². The van der Waals surface area contributed by atoms with Gasteiger partial charge < -0.3 is 5.32 Å². The van der Waals surface area contributed by atoms with E-state index in [1.807, 2.05) is 48.5 Å². The summed E-state index contributed by atoms with van der Waals surface area (Å²) in [6.07, 6.45) is 0.912. The number of benzene rings is 2. The van der Waals surface area contributed by atoms with E-state index < -0.39 is 0 Å². The molecule has 2 aromatic carbocycles. The molecule has 1 atom stereocenters. The van der Waals surface area contributed by atoms with Crippen LogP contribution in [0.15, 0.2) is 57.8 Å². The van der Waals surface area contributed by atoms with Gasteiger partial charge in [-0.05, 0) is 43.3 Å². The van der Waals surface area contributed by atoms with Crippen LogP contribution in [0.4, 0.5) is 0 Å². The highest BCUT2D eigenvalue weighted by atomic mass is 79.9. The van der Waals surface area contributed by atoms with Crippen LogP contribution in [0.5, 0.6) is 0 Å². The zero-order valence-electron chi connectivity index (χ0n) is 13.9. The SMILES string of the molecule is CC[NH2+][C@@H](CC)c1nc2ccccc2c(=O)n1-c1ccc(Br)cc1. The van der Waals surface area contributed by atoms with Crippen molar-refractivity contribution >= 4 is 26.8 Å². The molecule has 24 heavy (non-hydrogen) atoms. The maximum atomic E-state index is 13.2. The first-order valence-corrected chi connectivity index (χ1v) is 9.06. The standard InChI is InChI=1S/C19H20BrN3O/c1-3-16(21-4-2)18-22-17-8-6-5-7-15(17)19(24)23(18)14-11-9-13(20)10-12-14/h5-12,16,21H,3-4H2,1-2H3/p+1/t16-/m0/s1. The van der Waals surface area contributed by atoms with Gasteiger partial charge in [-0.15, -0.1) is 0 Å². The average molecular weight is 387 g/mol. The zero-order chi connectivity index (χ0) is 17.1. The van der Waals surface area contributed by atoms with E-state index in [1.54, 1.807) is 4.57 Å². The lowest BCUT2D eigenvalue weighted by Gasteiger charge is -2.19. The molecule has 0 saturated carbocycles. The predicted molar refractivity (Wildman–Crippen MR) is 101 cm³/mol. The molecule has 0 fully saturated rings. The van der Waals surface area contributed by atoms with Gasteiger partial charge in [-0.1, -0.05) is 35.0 Å². The maximum absolute atomic E-state index is 13.2. The number of aromatic nitrogens is 2. The number of hydrogen-bond acceptors (Lipinski definition) is 2. The van der Waals surface area contributed by atoms with Gasteiger partial charge in [-0.25, -0.2) is 4.98 Å². The molecule has 3 rings (SSSR count). The summed E-state index contributed by atoms with van der Waals surface area (Å²) in [5.74, 6) is 0.811. The Morgan fingerprint density at radius 3 is 2.50 bits per heavy atom. The van der Waals surface area contributed by atoms with E-state index in [4.69, 9.17) is 4.98 Å². The van der Waals surface area contributed by atoms with Crippen LogP contribution in [-0.4, -0.2) is 16.1 Å². The number of rotatable bonds is 5. The van der Waals surface area contributed by atoms with E-state index in [1.165, 1.54) is 0 Å². The second-order valence-electron chi connectivity index (χ2n) is 5.76. The fourth-order valence-electron chi connectivity index (χ4n) is 2.98. The second-order valence-corrected chi connectivity index (χ2v) is 6.68. The first kappa shape index (κ1) is 16.9. The molecule has 1 aromatic heterocycles. The molecule has 0 aliphatic heterocycles. The van der Waals surface area contributed by atoms with Crippen molar-refractivity contribution in [3.05, 3.63) is 69.2 Å². The molecule has 124 valence electrons. The summed E-state index contributed by atoms with van der Waals surface area (Å²) in [4.78, 5) is 18.0. The summed E-state index contributed by atoms with van der Waals surface area (Å²) < 4.78 is 2.75. The van der Waals surface area contributed by atoms with Crippen LogP contribution in [0.25, 0.3) is 16.6 Å². The van der Waals surface area contributed by atoms with Crippen molar-refractivity contribution in [3.8, 4) is 5.69 Å². The van der Waals surface area contributed by atoms with Crippen LogP contribution >= 0.6 is 15.9 Å². The molecule has 3 aromatic rings. The number of fused-ring (bicyclic) bond motifs is 1. The second kappa shape index (κ2) is 7.28. The third-order valence-corrected chi connectivity index (χ3v) is 4.71. The highest BCUT2D eigenvalue weighted by Gasteiger charge is 2.21. The van der Waals surface area contributed by atoms with Crippen molar-refractivity contribution in [3.63, 3.8) is 0 Å². The number of para-hydroxylation sites is 1. The number of nitrogens with zero attached hydrogens (tertiary/aromatic N) is 2. The van der Waals surface area contributed by atoms with Crippen LogP contribution in [0.3, 0.4) is 0 Å². The summed E-state index contributed by atoms with van der Waals surface area (Å²) in [7, 11) is 0. The Balaban J connectivity index is 2.33. The van der Waals surface area contributed by atoms with Crippen molar-refractivity contribution in [2.24, 2.45) is 0 Å². The molecule has 0 unspecified atom stereocenters. The topological polar surface area (TPSA) is 51.5 Å². The lowest BCUT2D eigenvalue weighted by Crippen LogP contribution is -2.85. The minimum atomic E-state index is -0.0131. The summed E-state index contributed by atoms with van der Waals surface area (Å²) in [6, 6.07) is 15.5. The normalized spacial score (nSPS) is 12.5. The highest BCUT2D eigenvalue weighted by molar-refractivity contribution is 9.10. The third kappa shape index (κ3) is 3.14. The van der Waals surface area contributed by atoms with Crippen molar-refractivity contribution in [1.82, 2.24) is 9.55 Å². The Kier molecular flexibility index (Phi) is 5.11. The minimum Gasteiger partial charge on any atom is -0.338 e. The fourth-order valence-corrected chi connectivity index (χ4v) is 3.24. The van der Waals surface area contributed by atoms with Gasteiger partial charge in [-0.3, -0.25) is 9.36 Å². The first-order valence-electron chi connectivity index (χ1n) is 8.26. The summed E-state index contributed by atoms with van der Waals surface area (Å²) in [6.45, 7) is 5.19. The van der Waals surface area contributed by atoms with Crippen molar-refractivity contribution in [2.45, 2.75) is 26.3 Å². The zero-order valence-corrected chi connectivity index (χ0v) is 15.5. The molecule has 2 N–H and O–H groups in total. The van der Waals surface area contributed by atoms with Crippen molar-refractivity contribution in [2.75, 3.05) is 6.54 Å². The van der Waals surface area contributed by atoms with Crippen LogP contribution < -0.4 is 10.9 Å². The molecule has 0 aliphatic carbocycles. The molecule has 1 heterocycles. The Hall–Kier alpha value is -1.98. The number of nitrogens with two attached hydrogens (primary N) is 1. The van der Waals surface area contributed by atoms with Gasteiger partial charge in [0.2, 0.25) is 0 Å². The molecule has 4 nitrogen and oxygen atoms in total. The van der Waals surface area contributed by atoms with E-state index in [2.05, 4.69) is 35.1 Å². The van der Waals surface area contributed by atoms with E-state index in [0.29, 0.717) is 5.39 Å². The van der Waals surface area contributed by atoms with Crippen molar-refractivity contribution < 1.29 is 5.32 Å². The molecule has 0 amide bonds. The average Bonchev–Trinajstić information content (AvgIpc) is 2.61. The van der Waals surface area contributed by atoms with Crippen LogP contribution in [0.2, 0.25) is 0 Å². The molecule has 0 saturated heterocycles. The van der Waals surface area contributed by atoms with E-state index in [-0.39, 0.29) is 11.6 Å². The Labute approximate surface area is 149 Å². The maximum Gasteiger partial charge on any atom is 0.266 e. The smallest absolute Gasteiger partial charge is 0.266 e. The molecule has 5 heteroatoms. The monoisotopic (exact) mass is 386 g/mol. The fraction of sp³-hybridized carbons (Fsp3) is 0.263. The number of quaternary nitrogens is 1. The Morgan fingerprint density at radius 2 is 1.83 bits per heavy atom. The third-order valence-electron chi connectivity index (χ3n) is 4.18. The van der Waals surface area contributed by atoms with Crippen LogP contribution in [0, 0.1) is 0 Å². The highest BCUT2D eigenvalue weighted by Crippen LogP contribution is 2.19. The minimum absolute atomic E-state index is 0.0131. The summed E-state index contributed by atoms with van der Waals surface area (Å²) >= 11 is 3.45. The largest absolute Gasteiger partial charge is 0.338 e. The van der Waals surface area contributed by atoms with Crippen molar-refractivity contribution in [1.29, 1.82) is 0 Å². The summed E-state index contributed by atoms with van der Waals surface area (Å²) in [5.41, 5.74) is 1.59. The molecular formula is C19H21BrN3O+. The molecule has 0 bridgehead atoms. The molecular weight excluding hydrogens is 366 g/mol. The van der Waals surface area contributed by atoms with Gasteiger partial charge in [0, 0.05) is 10.9 Å². The predicted octanol–water partition coefficient (Wildman–Crippen LogP) is 3.18. The lowest BCUT2D eigenvalue weighted by atomic mass is 10.1. The van der Waals surface area contributed by atoms with Crippen LogP contribution in [-0.2, 0) is 0 Å². The van der Waals surface area contributed by atoms with E-state index >= 15 is 0 Å². The van der Waals surface area contributed by atoms with Gasteiger partial charge in [-0.2, -0.15) is 0 Å².